The summed E-state index contributed by atoms with van der Waals surface area (Å²) in [6, 6.07) is 5.45. The van der Waals surface area contributed by atoms with Crippen molar-refractivity contribution in [3.63, 3.8) is 0 Å². The van der Waals surface area contributed by atoms with Gasteiger partial charge in [0.15, 0.2) is 0 Å². The number of hydrogen-bond donors (Lipinski definition) is 2. The number of benzene rings is 1. The molecule has 0 aliphatic heterocycles. The maximum atomic E-state index is 11.9. The lowest BCUT2D eigenvalue weighted by Gasteiger charge is -2.08. The SMILES string of the molecule is CCNC(=O)/C(Cl)=C(/Cl)C(=O)Nc1ccc(C)c(C)c1. The molecule has 6 heteroatoms. The van der Waals surface area contributed by atoms with Crippen molar-refractivity contribution in [1.29, 1.82) is 0 Å². The first-order chi connectivity index (χ1) is 9.36. The van der Waals surface area contributed by atoms with Crippen LogP contribution in [0.5, 0.6) is 0 Å². The topological polar surface area (TPSA) is 58.2 Å². The van der Waals surface area contributed by atoms with Crippen molar-refractivity contribution in [2.45, 2.75) is 20.8 Å². The zero-order valence-corrected chi connectivity index (χ0v) is 13.0. The number of hydrogen-bond acceptors (Lipinski definition) is 2. The first-order valence-electron chi connectivity index (χ1n) is 6.08. The molecular weight excluding hydrogens is 299 g/mol. The molecule has 0 fully saturated rings. The number of aryl methyl sites for hydroxylation is 2. The zero-order chi connectivity index (χ0) is 15.3. The Morgan fingerprint density at radius 3 is 2.20 bits per heavy atom. The Balaban J connectivity index is 2.87. The number of carbonyl (C=O) groups excluding carboxylic acids is 2. The maximum Gasteiger partial charge on any atom is 0.268 e. The van der Waals surface area contributed by atoms with Gasteiger partial charge in [0, 0.05) is 12.2 Å². The highest BCUT2D eigenvalue weighted by molar-refractivity contribution is 6.54. The summed E-state index contributed by atoms with van der Waals surface area (Å²) < 4.78 is 0. The van der Waals surface area contributed by atoms with E-state index in [0.29, 0.717) is 12.2 Å². The first-order valence-corrected chi connectivity index (χ1v) is 6.84. The van der Waals surface area contributed by atoms with E-state index in [1.54, 1.807) is 13.0 Å². The van der Waals surface area contributed by atoms with Gasteiger partial charge in [-0.25, -0.2) is 0 Å². The molecule has 2 N–H and O–H groups in total. The van der Waals surface area contributed by atoms with E-state index >= 15 is 0 Å². The molecule has 0 spiro atoms. The van der Waals surface area contributed by atoms with Gasteiger partial charge in [-0.2, -0.15) is 0 Å². The third kappa shape index (κ3) is 4.25. The number of carbonyl (C=O) groups is 2. The molecule has 0 heterocycles. The summed E-state index contributed by atoms with van der Waals surface area (Å²) in [5, 5.41) is 4.40. The molecule has 1 rings (SSSR count). The molecule has 1 aromatic carbocycles. The highest BCUT2D eigenvalue weighted by Crippen LogP contribution is 2.19. The van der Waals surface area contributed by atoms with E-state index in [4.69, 9.17) is 23.2 Å². The second kappa shape index (κ2) is 7.31. The molecule has 2 amide bonds. The second-order valence-electron chi connectivity index (χ2n) is 4.24. The van der Waals surface area contributed by atoms with Crippen LogP contribution >= 0.6 is 23.2 Å². The molecule has 0 atom stereocenters. The second-order valence-corrected chi connectivity index (χ2v) is 5.00. The smallest absolute Gasteiger partial charge is 0.268 e. The summed E-state index contributed by atoms with van der Waals surface area (Å²) in [6.45, 7) is 6.05. The number of nitrogens with one attached hydrogen (secondary N) is 2. The predicted octanol–water partition coefficient (Wildman–Crippen LogP) is 3.07. The van der Waals surface area contributed by atoms with Crippen molar-refractivity contribution in [3.05, 3.63) is 39.4 Å². The highest BCUT2D eigenvalue weighted by Gasteiger charge is 2.17. The van der Waals surface area contributed by atoms with Gasteiger partial charge in [0.25, 0.3) is 11.8 Å². The molecule has 0 aliphatic rings. The maximum absolute atomic E-state index is 11.9. The van der Waals surface area contributed by atoms with Gasteiger partial charge in [0.2, 0.25) is 0 Å². The van der Waals surface area contributed by atoms with Gasteiger partial charge in [-0.3, -0.25) is 9.59 Å². The molecule has 0 unspecified atom stereocenters. The fraction of sp³-hybridized carbons (Fsp3) is 0.286. The minimum absolute atomic E-state index is 0.324. The van der Waals surface area contributed by atoms with Gasteiger partial charge in [-0.15, -0.1) is 0 Å². The lowest BCUT2D eigenvalue weighted by Crippen LogP contribution is -2.25. The molecular formula is C14H16Cl2N2O2. The van der Waals surface area contributed by atoms with Crippen molar-refractivity contribution < 1.29 is 9.59 Å². The van der Waals surface area contributed by atoms with Gasteiger partial charge in [-0.1, -0.05) is 29.3 Å². The van der Waals surface area contributed by atoms with Gasteiger partial charge in [0.1, 0.15) is 10.1 Å². The van der Waals surface area contributed by atoms with Crippen LogP contribution in [0.25, 0.3) is 0 Å². The number of amides is 2. The van der Waals surface area contributed by atoms with Crippen molar-refractivity contribution in [3.8, 4) is 0 Å². The van der Waals surface area contributed by atoms with Crippen LogP contribution in [0.15, 0.2) is 28.3 Å². The van der Waals surface area contributed by atoms with Crippen LogP contribution in [0.2, 0.25) is 0 Å². The average Bonchev–Trinajstić information content (AvgIpc) is 2.41. The third-order valence-electron chi connectivity index (χ3n) is 2.69. The summed E-state index contributed by atoms with van der Waals surface area (Å²) >= 11 is 11.6. The normalized spacial score (nSPS) is 11.7. The van der Waals surface area contributed by atoms with Gasteiger partial charge in [-0.05, 0) is 44.0 Å². The van der Waals surface area contributed by atoms with Crippen LogP contribution in [0.1, 0.15) is 18.1 Å². The van der Waals surface area contributed by atoms with Crippen LogP contribution in [0.3, 0.4) is 0 Å². The summed E-state index contributed by atoms with van der Waals surface area (Å²) in [7, 11) is 0. The Bertz CT molecular complexity index is 568. The molecule has 1 aromatic rings. The largest absolute Gasteiger partial charge is 0.352 e. The van der Waals surface area contributed by atoms with E-state index in [-0.39, 0.29) is 10.1 Å². The minimum atomic E-state index is -0.619. The minimum Gasteiger partial charge on any atom is -0.352 e. The van der Waals surface area contributed by atoms with Crippen molar-refractivity contribution >= 4 is 40.7 Å². The Morgan fingerprint density at radius 1 is 1.05 bits per heavy atom. The fourth-order valence-corrected chi connectivity index (χ4v) is 1.73. The quantitative estimate of drug-likeness (QED) is 0.839. The molecule has 4 nitrogen and oxygen atoms in total. The monoisotopic (exact) mass is 314 g/mol. The highest BCUT2D eigenvalue weighted by atomic mass is 35.5. The first kappa shape index (κ1) is 16.5. The van der Waals surface area contributed by atoms with Crippen LogP contribution in [-0.4, -0.2) is 18.4 Å². The Morgan fingerprint density at radius 2 is 1.65 bits per heavy atom. The molecule has 108 valence electrons. The number of anilines is 1. The average molecular weight is 315 g/mol. The van der Waals surface area contributed by atoms with Crippen LogP contribution in [0.4, 0.5) is 5.69 Å². The van der Waals surface area contributed by atoms with E-state index in [1.807, 2.05) is 26.0 Å². The summed E-state index contributed by atoms with van der Waals surface area (Å²) in [6.07, 6.45) is 0. The standard InChI is InChI=1S/C14H16Cl2N2O2/c1-4-17-13(19)11(15)12(16)14(20)18-10-6-5-8(2)9(3)7-10/h5-7H,4H2,1-3H3,(H,17,19)(H,18,20)/b12-11-. The third-order valence-corrected chi connectivity index (χ3v) is 3.51. The lowest BCUT2D eigenvalue weighted by atomic mass is 10.1. The number of halogens is 2. The predicted molar refractivity (Wildman–Crippen MR) is 82.0 cm³/mol. The van der Waals surface area contributed by atoms with Crippen molar-refractivity contribution in [2.75, 3.05) is 11.9 Å². The van der Waals surface area contributed by atoms with E-state index < -0.39 is 11.8 Å². The fourth-order valence-electron chi connectivity index (χ4n) is 1.44. The van der Waals surface area contributed by atoms with Gasteiger partial charge < -0.3 is 10.6 Å². The molecule has 0 aliphatic carbocycles. The molecule has 0 saturated heterocycles. The summed E-state index contributed by atoms with van der Waals surface area (Å²) in [4.78, 5) is 23.4. The molecule has 0 radical (unpaired) electrons. The van der Waals surface area contributed by atoms with Crippen LogP contribution < -0.4 is 10.6 Å². The van der Waals surface area contributed by atoms with Crippen LogP contribution in [0, 0.1) is 13.8 Å². The Labute approximate surface area is 128 Å². The molecule has 0 aromatic heterocycles. The van der Waals surface area contributed by atoms with E-state index in [9.17, 15) is 9.59 Å². The van der Waals surface area contributed by atoms with Crippen molar-refractivity contribution in [1.82, 2.24) is 5.32 Å². The van der Waals surface area contributed by atoms with Gasteiger partial charge in [0.05, 0.1) is 0 Å². The number of rotatable bonds is 4. The number of likely N-dealkylation sites (N-methyl/N-ethyl adjacent to an activating group) is 1. The van der Waals surface area contributed by atoms with Crippen molar-refractivity contribution in [2.24, 2.45) is 0 Å². The van der Waals surface area contributed by atoms with Crippen LogP contribution in [-0.2, 0) is 9.59 Å². The molecule has 0 saturated carbocycles. The summed E-state index contributed by atoms with van der Waals surface area (Å²) in [5.74, 6) is -1.19. The Kier molecular flexibility index (Phi) is 6.05. The van der Waals surface area contributed by atoms with E-state index in [0.717, 1.165) is 11.1 Å². The van der Waals surface area contributed by atoms with Gasteiger partial charge >= 0.3 is 0 Å². The lowest BCUT2D eigenvalue weighted by molar-refractivity contribution is -0.117. The Hall–Kier alpha value is -1.52. The molecule has 20 heavy (non-hydrogen) atoms. The molecule has 0 bridgehead atoms. The van der Waals surface area contributed by atoms with E-state index in [2.05, 4.69) is 10.6 Å². The zero-order valence-electron chi connectivity index (χ0n) is 11.5. The summed E-state index contributed by atoms with van der Waals surface area (Å²) in [5.41, 5.74) is 2.75. The van der Waals surface area contributed by atoms with E-state index in [1.165, 1.54) is 0 Å².